The number of methoxy groups -OCH3 is 1. The molecular weight excluding hydrogens is 440 g/mol. The largest absolute Gasteiger partial charge is 0.497 e. The van der Waals surface area contributed by atoms with Crippen molar-refractivity contribution in [3.8, 4) is 11.5 Å². The van der Waals surface area contributed by atoms with Gasteiger partial charge in [-0.3, -0.25) is 9.59 Å². The molecule has 2 aromatic rings. The lowest BCUT2D eigenvalue weighted by Gasteiger charge is -2.31. The summed E-state index contributed by atoms with van der Waals surface area (Å²) in [6.07, 6.45) is 4.81. The number of ether oxygens (including phenoxy) is 2. The van der Waals surface area contributed by atoms with E-state index in [4.69, 9.17) is 9.47 Å². The van der Waals surface area contributed by atoms with E-state index in [1.54, 1.807) is 12.0 Å². The molecule has 0 bridgehead atoms. The van der Waals surface area contributed by atoms with Gasteiger partial charge in [0.1, 0.15) is 17.5 Å². The quantitative estimate of drug-likeness (QED) is 0.505. The minimum atomic E-state index is -0.558. The second-order valence-corrected chi connectivity index (χ2v) is 10.3. The predicted molar refractivity (Wildman–Crippen MR) is 139 cm³/mol. The molecule has 1 aliphatic carbocycles. The molecule has 0 aromatic heterocycles. The fourth-order valence-electron chi connectivity index (χ4n) is 4.49. The standard InChI is InChI=1S/C29H40N2O4/c1-6-26(28(33)30-23-9-7-8-10-23)31(19-21-11-15-24(34-5)16-12-21)27(32)20-35-25-17-13-22(14-18-25)29(2,3)4/h11-18,23,26H,6-10,19-20H2,1-5H3,(H,30,33). The molecule has 0 saturated heterocycles. The van der Waals surface area contributed by atoms with Crippen LogP contribution in [-0.4, -0.2) is 42.5 Å². The molecule has 1 atom stereocenters. The topological polar surface area (TPSA) is 67.9 Å². The summed E-state index contributed by atoms with van der Waals surface area (Å²) in [5, 5.41) is 3.17. The van der Waals surface area contributed by atoms with Gasteiger partial charge in [-0.1, -0.05) is 64.8 Å². The van der Waals surface area contributed by atoms with Crippen LogP contribution in [0.25, 0.3) is 0 Å². The Morgan fingerprint density at radius 3 is 2.14 bits per heavy atom. The predicted octanol–water partition coefficient (Wildman–Crippen LogP) is 5.24. The molecule has 3 rings (SSSR count). The van der Waals surface area contributed by atoms with Crippen LogP contribution in [0.15, 0.2) is 48.5 Å². The first-order valence-corrected chi connectivity index (χ1v) is 12.7. The van der Waals surface area contributed by atoms with Gasteiger partial charge in [0.15, 0.2) is 6.61 Å². The molecule has 0 heterocycles. The number of carbonyl (C=O) groups excluding carboxylic acids is 2. The second-order valence-electron chi connectivity index (χ2n) is 10.3. The van der Waals surface area contributed by atoms with E-state index in [1.165, 1.54) is 5.56 Å². The van der Waals surface area contributed by atoms with E-state index in [9.17, 15) is 9.59 Å². The van der Waals surface area contributed by atoms with E-state index in [-0.39, 0.29) is 29.9 Å². The summed E-state index contributed by atoms with van der Waals surface area (Å²) in [7, 11) is 1.62. The van der Waals surface area contributed by atoms with Crippen molar-refractivity contribution in [1.29, 1.82) is 0 Å². The Kier molecular flexibility index (Phi) is 9.19. The molecule has 1 unspecified atom stereocenters. The highest BCUT2D eigenvalue weighted by Gasteiger charge is 2.31. The van der Waals surface area contributed by atoms with Gasteiger partial charge < -0.3 is 19.7 Å². The highest BCUT2D eigenvalue weighted by atomic mass is 16.5. The molecule has 2 aromatic carbocycles. The number of hydrogen-bond acceptors (Lipinski definition) is 4. The average Bonchev–Trinajstić information content (AvgIpc) is 3.35. The van der Waals surface area contributed by atoms with Crippen LogP contribution in [0.1, 0.15) is 70.9 Å². The summed E-state index contributed by atoms with van der Waals surface area (Å²) in [5.41, 5.74) is 2.18. The maximum Gasteiger partial charge on any atom is 0.261 e. The Labute approximate surface area is 210 Å². The molecule has 0 aliphatic heterocycles. The van der Waals surface area contributed by atoms with Crippen LogP contribution < -0.4 is 14.8 Å². The Hall–Kier alpha value is -3.02. The van der Waals surface area contributed by atoms with Crippen LogP contribution in [0.5, 0.6) is 11.5 Å². The minimum absolute atomic E-state index is 0.0462. The summed E-state index contributed by atoms with van der Waals surface area (Å²) >= 11 is 0. The Morgan fingerprint density at radius 2 is 1.60 bits per heavy atom. The zero-order chi connectivity index (χ0) is 25.4. The van der Waals surface area contributed by atoms with Crippen molar-refractivity contribution in [1.82, 2.24) is 10.2 Å². The molecule has 0 radical (unpaired) electrons. The van der Waals surface area contributed by atoms with Crippen LogP contribution in [0.4, 0.5) is 0 Å². The van der Waals surface area contributed by atoms with Crippen LogP contribution >= 0.6 is 0 Å². The van der Waals surface area contributed by atoms with Gasteiger partial charge in [0.05, 0.1) is 7.11 Å². The van der Waals surface area contributed by atoms with Gasteiger partial charge >= 0.3 is 0 Å². The Bertz CT molecular complexity index is 958. The lowest BCUT2D eigenvalue weighted by atomic mass is 9.87. The van der Waals surface area contributed by atoms with Gasteiger partial charge in [-0.25, -0.2) is 0 Å². The second kappa shape index (κ2) is 12.1. The minimum Gasteiger partial charge on any atom is -0.497 e. The fourth-order valence-corrected chi connectivity index (χ4v) is 4.49. The highest BCUT2D eigenvalue weighted by Crippen LogP contribution is 2.25. The summed E-state index contributed by atoms with van der Waals surface area (Å²) in [6, 6.07) is 15.1. The highest BCUT2D eigenvalue weighted by molar-refractivity contribution is 5.88. The van der Waals surface area contributed by atoms with Crippen molar-refractivity contribution < 1.29 is 19.1 Å². The maximum atomic E-state index is 13.4. The monoisotopic (exact) mass is 480 g/mol. The number of benzene rings is 2. The van der Waals surface area contributed by atoms with Crippen molar-refractivity contribution in [2.45, 2.75) is 83.8 Å². The lowest BCUT2D eigenvalue weighted by molar-refractivity contribution is -0.143. The molecule has 0 spiro atoms. The fraction of sp³-hybridized carbons (Fsp3) is 0.517. The summed E-state index contributed by atoms with van der Waals surface area (Å²) in [4.78, 5) is 28.3. The third kappa shape index (κ3) is 7.48. The lowest BCUT2D eigenvalue weighted by Crippen LogP contribution is -2.52. The number of amides is 2. The van der Waals surface area contributed by atoms with Gasteiger partial charge in [0, 0.05) is 12.6 Å². The smallest absolute Gasteiger partial charge is 0.261 e. The molecule has 1 N–H and O–H groups in total. The Balaban J connectivity index is 1.74. The molecule has 6 nitrogen and oxygen atoms in total. The van der Waals surface area contributed by atoms with Gasteiger partial charge in [0.25, 0.3) is 5.91 Å². The SMILES string of the molecule is CCC(C(=O)NC1CCCC1)N(Cc1ccc(OC)cc1)C(=O)COc1ccc(C(C)(C)C)cc1. The first-order chi connectivity index (χ1) is 16.7. The number of nitrogens with one attached hydrogen (secondary N) is 1. The molecule has 35 heavy (non-hydrogen) atoms. The molecule has 1 fully saturated rings. The van der Waals surface area contributed by atoms with E-state index in [0.717, 1.165) is 37.0 Å². The van der Waals surface area contributed by atoms with Gasteiger partial charge in [-0.15, -0.1) is 0 Å². The van der Waals surface area contributed by atoms with Gasteiger partial charge in [-0.05, 0) is 60.1 Å². The zero-order valence-electron chi connectivity index (χ0n) is 21.8. The van der Waals surface area contributed by atoms with Crippen LogP contribution in [0, 0.1) is 0 Å². The van der Waals surface area contributed by atoms with E-state index in [2.05, 4.69) is 26.1 Å². The summed E-state index contributed by atoms with van der Waals surface area (Å²) < 4.78 is 11.1. The van der Waals surface area contributed by atoms with E-state index in [1.807, 2.05) is 55.5 Å². The van der Waals surface area contributed by atoms with Crippen molar-refractivity contribution >= 4 is 11.8 Å². The van der Waals surface area contributed by atoms with E-state index >= 15 is 0 Å². The van der Waals surface area contributed by atoms with Gasteiger partial charge in [0.2, 0.25) is 5.91 Å². The third-order valence-corrected chi connectivity index (χ3v) is 6.68. The third-order valence-electron chi connectivity index (χ3n) is 6.68. The van der Waals surface area contributed by atoms with Crippen molar-refractivity contribution in [2.75, 3.05) is 13.7 Å². The number of nitrogens with zero attached hydrogens (tertiary/aromatic N) is 1. The van der Waals surface area contributed by atoms with Crippen molar-refractivity contribution in [3.05, 3.63) is 59.7 Å². The maximum absolute atomic E-state index is 13.4. The first kappa shape index (κ1) is 26.6. The van der Waals surface area contributed by atoms with Crippen LogP contribution in [-0.2, 0) is 21.5 Å². The Morgan fingerprint density at radius 1 is 1.00 bits per heavy atom. The summed E-state index contributed by atoms with van der Waals surface area (Å²) in [6.45, 7) is 8.62. The van der Waals surface area contributed by atoms with Crippen molar-refractivity contribution in [2.24, 2.45) is 0 Å². The van der Waals surface area contributed by atoms with Crippen LogP contribution in [0.3, 0.4) is 0 Å². The zero-order valence-corrected chi connectivity index (χ0v) is 21.8. The van der Waals surface area contributed by atoms with Crippen molar-refractivity contribution in [3.63, 3.8) is 0 Å². The van der Waals surface area contributed by atoms with E-state index < -0.39 is 6.04 Å². The first-order valence-electron chi connectivity index (χ1n) is 12.7. The molecule has 1 aliphatic rings. The van der Waals surface area contributed by atoms with Crippen LogP contribution in [0.2, 0.25) is 0 Å². The molecule has 190 valence electrons. The number of hydrogen-bond donors (Lipinski definition) is 1. The molecular formula is C29H40N2O4. The number of carbonyl (C=O) groups is 2. The summed E-state index contributed by atoms with van der Waals surface area (Å²) in [5.74, 6) is 1.09. The average molecular weight is 481 g/mol. The molecule has 1 saturated carbocycles. The van der Waals surface area contributed by atoms with Gasteiger partial charge in [-0.2, -0.15) is 0 Å². The van der Waals surface area contributed by atoms with E-state index in [0.29, 0.717) is 18.7 Å². The normalized spacial score (nSPS) is 14.9. The number of rotatable bonds is 10. The molecule has 2 amide bonds. The molecule has 6 heteroatoms.